The van der Waals surface area contributed by atoms with Crippen molar-refractivity contribution in [3.05, 3.63) is 71.8 Å². The van der Waals surface area contributed by atoms with Gasteiger partial charge in [0.1, 0.15) is 18.1 Å². The van der Waals surface area contributed by atoms with E-state index in [0.29, 0.717) is 16.9 Å². The average molecular weight is 521 g/mol. The van der Waals surface area contributed by atoms with Crippen molar-refractivity contribution in [1.82, 2.24) is 0 Å². The molecule has 0 radical (unpaired) electrons. The van der Waals surface area contributed by atoms with Crippen LogP contribution in [0.5, 0.6) is 11.5 Å². The highest BCUT2D eigenvalue weighted by atomic mass is 16.7. The van der Waals surface area contributed by atoms with Gasteiger partial charge in [0, 0.05) is 12.7 Å². The second kappa shape index (κ2) is 11.3. The summed E-state index contributed by atoms with van der Waals surface area (Å²) in [6.07, 6.45) is 8.50. The normalized spacial score (nSPS) is 26.0. The fourth-order valence-corrected chi connectivity index (χ4v) is 6.94. The highest BCUT2D eigenvalue weighted by Crippen LogP contribution is 2.62. The zero-order chi connectivity index (χ0) is 26.7. The molecule has 7 nitrogen and oxygen atoms in total. The SMILES string of the molecule is C=CCOC(=O)c1ccc(OC(=O)c2ccc(OCOC(C)OC)c(C34CC5CC(CC(C5)C3)C4)c2)cc1. The van der Waals surface area contributed by atoms with Crippen molar-refractivity contribution in [1.29, 1.82) is 0 Å². The van der Waals surface area contributed by atoms with Crippen molar-refractivity contribution < 1.29 is 33.3 Å². The molecule has 38 heavy (non-hydrogen) atoms. The van der Waals surface area contributed by atoms with Crippen molar-refractivity contribution in [2.75, 3.05) is 20.5 Å². The van der Waals surface area contributed by atoms with Crippen LogP contribution >= 0.6 is 0 Å². The van der Waals surface area contributed by atoms with Crippen LogP contribution in [0.4, 0.5) is 0 Å². The number of carbonyl (C=O) groups excluding carboxylic acids is 2. The van der Waals surface area contributed by atoms with Crippen molar-refractivity contribution in [3.63, 3.8) is 0 Å². The van der Waals surface area contributed by atoms with Gasteiger partial charge in [0.15, 0.2) is 13.1 Å². The van der Waals surface area contributed by atoms with E-state index in [1.54, 1.807) is 37.4 Å². The van der Waals surface area contributed by atoms with Crippen molar-refractivity contribution in [3.8, 4) is 11.5 Å². The predicted octanol–water partition coefficient (Wildman–Crippen LogP) is 6.06. The van der Waals surface area contributed by atoms with Crippen LogP contribution in [-0.4, -0.2) is 38.7 Å². The fourth-order valence-electron chi connectivity index (χ4n) is 6.94. The molecule has 7 heteroatoms. The summed E-state index contributed by atoms with van der Waals surface area (Å²) < 4.78 is 27.6. The summed E-state index contributed by atoms with van der Waals surface area (Å²) in [5.74, 6) is 2.43. The Morgan fingerprint density at radius 3 is 2.21 bits per heavy atom. The molecule has 4 bridgehead atoms. The van der Waals surface area contributed by atoms with Gasteiger partial charge in [-0.05, 0) is 111 Å². The monoisotopic (exact) mass is 520 g/mol. The lowest BCUT2D eigenvalue weighted by molar-refractivity contribution is -0.150. The van der Waals surface area contributed by atoms with Crippen LogP contribution in [0.2, 0.25) is 0 Å². The fraction of sp³-hybridized carbons (Fsp3) is 0.484. The number of hydrogen-bond acceptors (Lipinski definition) is 7. The number of benzene rings is 2. The summed E-state index contributed by atoms with van der Waals surface area (Å²) in [6, 6.07) is 11.9. The maximum Gasteiger partial charge on any atom is 0.343 e. The Bertz CT molecular complexity index is 1130. The Hall–Kier alpha value is -3.16. The smallest absolute Gasteiger partial charge is 0.343 e. The van der Waals surface area contributed by atoms with Crippen LogP contribution in [0, 0.1) is 17.8 Å². The molecule has 4 aliphatic carbocycles. The van der Waals surface area contributed by atoms with Crippen LogP contribution in [0.25, 0.3) is 0 Å². The minimum atomic E-state index is -0.456. The molecule has 2 aromatic carbocycles. The highest BCUT2D eigenvalue weighted by molar-refractivity contribution is 5.92. The molecule has 4 fully saturated rings. The molecule has 0 heterocycles. The van der Waals surface area contributed by atoms with Gasteiger partial charge in [-0.15, -0.1) is 0 Å². The van der Waals surface area contributed by atoms with E-state index in [-0.39, 0.29) is 25.1 Å². The number of esters is 2. The molecule has 0 aromatic heterocycles. The molecule has 0 spiro atoms. The lowest BCUT2D eigenvalue weighted by Gasteiger charge is -2.57. The van der Waals surface area contributed by atoms with Gasteiger partial charge in [0.25, 0.3) is 0 Å². The van der Waals surface area contributed by atoms with E-state index >= 15 is 0 Å². The molecular weight excluding hydrogens is 484 g/mol. The average Bonchev–Trinajstić information content (AvgIpc) is 2.91. The first-order valence-corrected chi connectivity index (χ1v) is 13.4. The maximum absolute atomic E-state index is 13.2. The van der Waals surface area contributed by atoms with Gasteiger partial charge in [0.05, 0.1) is 11.1 Å². The van der Waals surface area contributed by atoms with Crippen molar-refractivity contribution in [2.45, 2.75) is 57.2 Å². The molecule has 4 aliphatic rings. The Morgan fingerprint density at radius 2 is 1.61 bits per heavy atom. The second-order valence-corrected chi connectivity index (χ2v) is 10.9. The van der Waals surface area contributed by atoms with Crippen LogP contribution in [0.15, 0.2) is 55.1 Å². The molecule has 0 aliphatic heterocycles. The van der Waals surface area contributed by atoms with Crippen molar-refractivity contribution in [2.24, 2.45) is 17.8 Å². The van der Waals surface area contributed by atoms with E-state index in [4.69, 9.17) is 23.7 Å². The Labute approximate surface area is 224 Å². The number of hydrogen-bond donors (Lipinski definition) is 0. The highest BCUT2D eigenvalue weighted by Gasteiger charge is 2.52. The third-order valence-corrected chi connectivity index (χ3v) is 8.31. The van der Waals surface area contributed by atoms with Gasteiger partial charge in [-0.25, -0.2) is 9.59 Å². The summed E-state index contributed by atoms with van der Waals surface area (Å²) in [5, 5.41) is 0. The zero-order valence-corrected chi connectivity index (χ0v) is 22.1. The predicted molar refractivity (Wildman–Crippen MR) is 141 cm³/mol. The van der Waals surface area contributed by atoms with Gasteiger partial charge in [-0.1, -0.05) is 12.7 Å². The molecular formula is C31H36O7. The standard InChI is InChI=1S/C31H36O7/c1-4-11-35-29(32)24-5-8-26(9-6-24)38-30(33)25-7-10-28(37-19-36-20(2)34-3)27(15-25)31-16-21-12-22(17-31)14-23(13-21)18-31/h4-10,15,20-23H,1,11-14,16-19H2,2-3H3. The molecule has 0 N–H and O–H groups in total. The van der Waals surface area contributed by atoms with Crippen LogP contribution in [-0.2, 0) is 19.6 Å². The molecule has 1 atom stereocenters. The van der Waals surface area contributed by atoms with Crippen LogP contribution in [0.3, 0.4) is 0 Å². The van der Waals surface area contributed by atoms with Gasteiger partial charge in [0.2, 0.25) is 0 Å². The summed E-state index contributed by atoms with van der Waals surface area (Å²) >= 11 is 0. The number of ether oxygens (including phenoxy) is 5. The summed E-state index contributed by atoms with van der Waals surface area (Å²) in [7, 11) is 1.59. The van der Waals surface area contributed by atoms with E-state index in [0.717, 1.165) is 48.3 Å². The number of methoxy groups -OCH3 is 1. The minimum absolute atomic E-state index is 0.0146. The minimum Gasteiger partial charge on any atom is -0.467 e. The van der Waals surface area contributed by atoms with Crippen LogP contribution in [0.1, 0.15) is 71.7 Å². The van der Waals surface area contributed by atoms with Gasteiger partial charge in [-0.2, -0.15) is 0 Å². The Kier molecular flexibility index (Phi) is 7.86. The van der Waals surface area contributed by atoms with E-state index in [2.05, 4.69) is 6.58 Å². The number of rotatable bonds is 11. The first-order chi connectivity index (χ1) is 18.4. The first-order valence-electron chi connectivity index (χ1n) is 13.4. The van der Waals surface area contributed by atoms with E-state index in [1.807, 2.05) is 19.1 Å². The van der Waals surface area contributed by atoms with Gasteiger partial charge in [-0.3, -0.25) is 0 Å². The third-order valence-electron chi connectivity index (χ3n) is 8.31. The molecule has 202 valence electrons. The zero-order valence-electron chi connectivity index (χ0n) is 22.1. The van der Waals surface area contributed by atoms with E-state index in [1.165, 1.54) is 25.3 Å². The first kappa shape index (κ1) is 26.4. The van der Waals surface area contributed by atoms with Crippen LogP contribution < -0.4 is 9.47 Å². The van der Waals surface area contributed by atoms with Crippen molar-refractivity contribution >= 4 is 11.9 Å². The molecule has 2 aromatic rings. The van der Waals surface area contributed by atoms with E-state index in [9.17, 15) is 9.59 Å². The summed E-state index contributed by atoms with van der Waals surface area (Å²) in [4.78, 5) is 25.2. The van der Waals surface area contributed by atoms with Gasteiger partial charge < -0.3 is 23.7 Å². The lowest BCUT2D eigenvalue weighted by atomic mass is 9.48. The summed E-state index contributed by atoms with van der Waals surface area (Å²) in [5.41, 5.74) is 1.95. The molecule has 4 saturated carbocycles. The quantitative estimate of drug-likeness (QED) is 0.154. The Morgan fingerprint density at radius 1 is 0.974 bits per heavy atom. The molecule has 0 amide bonds. The molecule has 0 saturated heterocycles. The maximum atomic E-state index is 13.2. The van der Waals surface area contributed by atoms with Gasteiger partial charge >= 0.3 is 11.9 Å². The third kappa shape index (κ3) is 5.64. The molecule has 1 unspecified atom stereocenters. The number of carbonyl (C=O) groups is 2. The summed E-state index contributed by atoms with van der Waals surface area (Å²) in [6.45, 7) is 5.56. The van der Waals surface area contributed by atoms with E-state index < -0.39 is 11.9 Å². The lowest BCUT2D eigenvalue weighted by Crippen LogP contribution is -2.48. The topological polar surface area (TPSA) is 80.3 Å². The largest absolute Gasteiger partial charge is 0.467 e. The Balaban J connectivity index is 1.36. The molecule has 6 rings (SSSR count). The second-order valence-electron chi connectivity index (χ2n) is 10.9.